The van der Waals surface area contributed by atoms with E-state index in [1.807, 2.05) is 12.1 Å². The van der Waals surface area contributed by atoms with E-state index in [1.54, 1.807) is 12.1 Å². The first kappa shape index (κ1) is 23.2. The number of nitrogens with zero attached hydrogens (tertiary/aromatic N) is 1. The smallest absolute Gasteiger partial charge is 0.305 e. The SMILES string of the molecule is CCc1cc(CC)cc(Nc2cc(OCCCCCC(=O)OC)ccc2[N+](=O)[O-])c1. The first-order valence-electron chi connectivity index (χ1n) is 10.3. The third-order valence-electron chi connectivity index (χ3n) is 4.83. The summed E-state index contributed by atoms with van der Waals surface area (Å²) in [5.41, 5.74) is 3.59. The molecule has 7 heteroatoms. The van der Waals surface area contributed by atoms with Crippen molar-refractivity contribution in [2.75, 3.05) is 19.0 Å². The maximum absolute atomic E-state index is 11.5. The van der Waals surface area contributed by atoms with Crippen molar-refractivity contribution < 1.29 is 19.2 Å². The highest BCUT2D eigenvalue weighted by atomic mass is 16.6. The topological polar surface area (TPSA) is 90.7 Å². The van der Waals surface area contributed by atoms with Gasteiger partial charge in [-0.2, -0.15) is 0 Å². The summed E-state index contributed by atoms with van der Waals surface area (Å²) in [6, 6.07) is 10.9. The zero-order chi connectivity index (χ0) is 21.9. The van der Waals surface area contributed by atoms with Crippen molar-refractivity contribution in [2.24, 2.45) is 0 Å². The summed E-state index contributed by atoms with van der Waals surface area (Å²) in [4.78, 5) is 22.2. The predicted octanol–water partition coefficient (Wildman–Crippen LogP) is 5.58. The molecule has 0 aliphatic carbocycles. The fourth-order valence-corrected chi connectivity index (χ4v) is 3.10. The van der Waals surface area contributed by atoms with E-state index in [0.29, 0.717) is 24.5 Å². The largest absolute Gasteiger partial charge is 0.494 e. The number of rotatable bonds is 12. The number of methoxy groups -OCH3 is 1. The number of carbonyl (C=O) groups excluding carboxylic acids is 1. The first-order chi connectivity index (χ1) is 14.5. The molecule has 0 spiro atoms. The number of unbranched alkanes of at least 4 members (excludes halogenated alkanes) is 2. The number of hydrogen-bond donors (Lipinski definition) is 1. The van der Waals surface area contributed by atoms with Gasteiger partial charge in [0.1, 0.15) is 11.4 Å². The lowest BCUT2D eigenvalue weighted by Gasteiger charge is -2.13. The monoisotopic (exact) mass is 414 g/mol. The molecule has 2 aromatic rings. The fraction of sp³-hybridized carbons (Fsp3) is 0.435. The lowest BCUT2D eigenvalue weighted by atomic mass is 10.1. The van der Waals surface area contributed by atoms with Gasteiger partial charge in [-0.25, -0.2) is 0 Å². The quantitative estimate of drug-likeness (QED) is 0.211. The number of benzene rings is 2. The van der Waals surface area contributed by atoms with Crippen LogP contribution in [0.2, 0.25) is 0 Å². The zero-order valence-electron chi connectivity index (χ0n) is 17.9. The van der Waals surface area contributed by atoms with Crippen molar-refractivity contribution in [2.45, 2.75) is 52.4 Å². The van der Waals surface area contributed by atoms with Crippen molar-refractivity contribution in [3.63, 3.8) is 0 Å². The van der Waals surface area contributed by atoms with Gasteiger partial charge in [-0.15, -0.1) is 0 Å². The Morgan fingerprint density at radius 3 is 2.33 bits per heavy atom. The number of anilines is 2. The molecule has 0 heterocycles. The molecule has 0 unspecified atom stereocenters. The van der Waals surface area contributed by atoms with E-state index >= 15 is 0 Å². The molecule has 0 aromatic heterocycles. The number of nitro benzene ring substituents is 1. The van der Waals surface area contributed by atoms with Gasteiger partial charge in [-0.1, -0.05) is 19.9 Å². The van der Waals surface area contributed by atoms with Crippen LogP contribution in [0.4, 0.5) is 17.1 Å². The number of hydrogen-bond acceptors (Lipinski definition) is 6. The summed E-state index contributed by atoms with van der Waals surface area (Å²) in [6.07, 6.45) is 4.56. The van der Waals surface area contributed by atoms with Gasteiger partial charge in [0.15, 0.2) is 0 Å². The summed E-state index contributed by atoms with van der Waals surface area (Å²) in [5.74, 6) is 0.360. The fourth-order valence-electron chi connectivity index (χ4n) is 3.10. The van der Waals surface area contributed by atoms with Crippen LogP contribution < -0.4 is 10.1 Å². The van der Waals surface area contributed by atoms with Crippen LogP contribution in [0.5, 0.6) is 5.75 Å². The molecule has 0 amide bonds. The molecular weight excluding hydrogens is 384 g/mol. The van der Waals surface area contributed by atoms with Crippen LogP contribution in [0.3, 0.4) is 0 Å². The molecule has 0 aliphatic rings. The molecule has 7 nitrogen and oxygen atoms in total. The molecular formula is C23H30N2O5. The van der Waals surface area contributed by atoms with Gasteiger partial charge in [0.25, 0.3) is 5.69 Å². The maximum atomic E-state index is 11.5. The Hall–Kier alpha value is -3.09. The lowest BCUT2D eigenvalue weighted by Crippen LogP contribution is -2.02. The van der Waals surface area contributed by atoms with Gasteiger partial charge in [0.05, 0.1) is 18.6 Å². The molecule has 2 rings (SSSR count). The molecule has 0 saturated heterocycles. The van der Waals surface area contributed by atoms with Gasteiger partial charge >= 0.3 is 5.97 Å². The number of ether oxygens (including phenoxy) is 2. The number of nitrogens with one attached hydrogen (secondary N) is 1. The minimum absolute atomic E-state index is 0.000350. The minimum Gasteiger partial charge on any atom is -0.494 e. The molecule has 1 N–H and O–H groups in total. The van der Waals surface area contributed by atoms with Crippen molar-refractivity contribution in [1.29, 1.82) is 0 Å². The minimum atomic E-state index is -0.399. The van der Waals surface area contributed by atoms with Crippen LogP contribution in [-0.4, -0.2) is 24.6 Å². The van der Waals surface area contributed by atoms with Crippen molar-refractivity contribution in [3.8, 4) is 5.75 Å². The Morgan fingerprint density at radius 2 is 1.73 bits per heavy atom. The van der Waals surface area contributed by atoms with Crippen LogP contribution in [0, 0.1) is 10.1 Å². The molecule has 0 aliphatic heterocycles. The van der Waals surface area contributed by atoms with Gasteiger partial charge in [0, 0.05) is 24.2 Å². The lowest BCUT2D eigenvalue weighted by molar-refractivity contribution is -0.383. The third kappa shape index (κ3) is 7.06. The average Bonchev–Trinajstić information content (AvgIpc) is 2.75. The second-order valence-electron chi connectivity index (χ2n) is 7.04. The molecule has 0 bridgehead atoms. The maximum Gasteiger partial charge on any atom is 0.305 e. The summed E-state index contributed by atoms with van der Waals surface area (Å²) >= 11 is 0. The van der Waals surface area contributed by atoms with Gasteiger partial charge in [-0.3, -0.25) is 14.9 Å². The summed E-state index contributed by atoms with van der Waals surface area (Å²) < 4.78 is 10.4. The van der Waals surface area contributed by atoms with Crippen LogP contribution in [0.1, 0.15) is 50.7 Å². The van der Waals surface area contributed by atoms with E-state index in [2.05, 4.69) is 30.0 Å². The van der Waals surface area contributed by atoms with Gasteiger partial charge in [-0.05, 0) is 61.4 Å². The van der Waals surface area contributed by atoms with Crippen LogP contribution >= 0.6 is 0 Å². The summed E-state index contributed by atoms with van der Waals surface area (Å²) in [7, 11) is 1.38. The Morgan fingerprint density at radius 1 is 1.03 bits per heavy atom. The van der Waals surface area contributed by atoms with Crippen LogP contribution in [0.15, 0.2) is 36.4 Å². The van der Waals surface area contributed by atoms with E-state index in [-0.39, 0.29) is 11.7 Å². The highest BCUT2D eigenvalue weighted by Crippen LogP contribution is 2.32. The van der Waals surface area contributed by atoms with Crippen LogP contribution in [0.25, 0.3) is 0 Å². The molecule has 162 valence electrons. The van der Waals surface area contributed by atoms with E-state index in [1.165, 1.54) is 24.3 Å². The Labute approximate surface area is 177 Å². The summed E-state index contributed by atoms with van der Waals surface area (Å²) in [5, 5.41) is 14.7. The van der Waals surface area contributed by atoms with Crippen LogP contribution in [-0.2, 0) is 22.4 Å². The second-order valence-corrected chi connectivity index (χ2v) is 7.04. The predicted molar refractivity (Wildman–Crippen MR) is 118 cm³/mol. The molecule has 30 heavy (non-hydrogen) atoms. The Bertz CT molecular complexity index is 844. The molecule has 0 saturated carbocycles. The molecule has 2 aromatic carbocycles. The second kappa shape index (κ2) is 11.8. The van der Waals surface area contributed by atoms with E-state index in [4.69, 9.17) is 4.74 Å². The third-order valence-corrected chi connectivity index (χ3v) is 4.83. The van der Waals surface area contributed by atoms with E-state index in [9.17, 15) is 14.9 Å². The average molecular weight is 415 g/mol. The van der Waals surface area contributed by atoms with Gasteiger partial charge in [0.2, 0.25) is 0 Å². The van der Waals surface area contributed by atoms with E-state index < -0.39 is 4.92 Å². The highest BCUT2D eigenvalue weighted by molar-refractivity contribution is 5.72. The zero-order valence-corrected chi connectivity index (χ0v) is 17.9. The summed E-state index contributed by atoms with van der Waals surface area (Å²) in [6.45, 7) is 4.64. The van der Waals surface area contributed by atoms with Crippen molar-refractivity contribution >= 4 is 23.0 Å². The Kier molecular flexibility index (Phi) is 9.12. The van der Waals surface area contributed by atoms with E-state index in [0.717, 1.165) is 37.8 Å². The first-order valence-corrected chi connectivity index (χ1v) is 10.3. The standard InChI is InChI=1S/C23H30N2O5/c1-4-17-13-18(5-2)15-19(14-17)24-21-16-20(10-11-22(21)25(27)28)30-12-8-6-7-9-23(26)29-3/h10-11,13-16,24H,4-9,12H2,1-3H3. The molecule has 0 radical (unpaired) electrons. The normalized spacial score (nSPS) is 10.5. The number of nitro groups is 1. The highest BCUT2D eigenvalue weighted by Gasteiger charge is 2.15. The molecule has 0 fully saturated rings. The Balaban J connectivity index is 2.06. The van der Waals surface area contributed by atoms with Crippen molar-refractivity contribution in [3.05, 3.63) is 57.6 Å². The van der Waals surface area contributed by atoms with Gasteiger partial charge < -0.3 is 14.8 Å². The number of esters is 1. The number of carbonyl (C=O) groups is 1. The molecule has 0 atom stereocenters. The number of aryl methyl sites for hydroxylation is 2. The van der Waals surface area contributed by atoms with Crippen molar-refractivity contribution in [1.82, 2.24) is 0 Å².